The lowest BCUT2D eigenvalue weighted by Crippen LogP contribution is -2.25. The maximum Gasteiger partial charge on any atom is 0.221 e. The van der Waals surface area contributed by atoms with Crippen molar-refractivity contribution in [3.05, 3.63) is 138 Å². The summed E-state index contributed by atoms with van der Waals surface area (Å²) in [5.74, 6) is 0.779. The van der Waals surface area contributed by atoms with Gasteiger partial charge in [0.2, 0.25) is 5.91 Å². The highest BCUT2D eigenvalue weighted by atomic mass is 16.5. The molecule has 186 valence electrons. The van der Waals surface area contributed by atoms with E-state index >= 15 is 0 Å². The van der Waals surface area contributed by atoms with Crippen LogP contribution in [-0.2, 0) is 17.9 Å². The molecular formula is C33H32N2O2. The Morgan fingerprint density at radius 3 is 2.16 bits per heavy atom. The van der Waals surface area contributed by atoms with E-state index < -0.39 is 0 Å². The number of carbonyl (C=O) groups is 1. The summed E-state index contributed by atoms with van der Waals surface area (Å²) in [6, 6.07) is 37.1. The van der Waals surface area contributed by atoms with E-state index in [0.29, 0.717) is 19.6 Å². The van der Waals surface area contributed by atoms with Crippen molar-refractivity contribution in [2.24, 2.45) is 0 Å². The maximum absolute atomic E-state index is 13.2. The van der Waals surface area contributed by atoms with Crippen LogP contribution in [0.3, 0.4) is 0 Å². The number of nitrogens with zero attached hydrogens (tertiary/aromatic N) is 1. The highest BCUT2D eigenvalue weighted by Gasteiger charge is 2.23. The van der Waals surface area contributed by atoms with Gasteiger partial charge < -0.3 is 14.6 Å². The lowest BCUT2D eigenvalue weighted by atomic mass is 9.88. The number of fused-ring (bicyclic) bond motifs is 1. The average Bonchev–Trinajstić information content (AvgIpc) is 3.30. The third-order valence-corrected chi connectivity index (χ3v) is 6.71. The van der Waals surface area contributed by atoms with Crippen molar-refractivity contribution >= 4 is 16.8 Å². The van der Waals surface area contributed by atoms with E-state index in [1.54, 1.807) is 0 Å². The van der Waals surface area contributed by atoms with E-state index in [0.717, 1.165) is 29.0 Å². The fraction of sp³-hybridized carbons (Fsp3) is 0.182. The van der Waals surface area contributed by atoms with Crippen LogP contribution in [0.4, 0.5) is 0 Å². The van der Waals surface area contributed by atoms with Crippen molar-refractivity contribution in [1.29, 1.82) is 0 Å². The zero-order valence-electron chi connectivity index (χ0n) is 21.1. The van der Waals surface area contributed by atoms with Crippen LogP contribution in [0.15, 0.2) is 115 Å². The third kappa shape index (κ3) is 5.92. The molecule has 1 aromatic heterocycles. The van der Waals surface area contributed by atoms with Crippen LogP contribution in [0.5, 0.6) is 5.75 Å². The molecule has 1 N–H and O–H groups in total. The van der Waals surface area contributed by atoms with Crippen molar-refractivity contribution in [2.75, 3.05) is 6.61 Å². The topological polar surface area (TPSA) is 43.3 Å². The molecule has 0 radical (unpaired) electrons. The van der Waals surface area contributed by atoms with Crippen molar-refractivity contribution in [2.45, 2.75) is 32.4 Å². The SMILES string of the molecule is CCOc1ccc(C(CC(=O)NCc2ccccc2)c2cn(Cc3ccccc3)c3ccccc23)cc1. The first-order valence-electron chi connectivity index (χ1n) is 12.9. The largest absolute Gasteiger partial charge is 0.494 e. The van der Waals surface area contributed by atoms with Gasteiger partial charge in [0.25, 0.3) is 0 Å². The van der Waals surface area contributed by atoms with Gasteiger partial charge in [0.05, 0.1) is 6.61 Å². The van der Waals surface area contributed by atoms with E-state index in [9.17, 15) is 4.79 Å². The summed E-state index contributed by atoms with van der Waals surface area (Å²) in [6.45, 7) is 3.90. The molecule has 0 saturated carbocycles. The Hall–Kier alpha value is -4.31. The molecule has 0 fully saturated rings. The number of rotatable bonds is 10. The van der Waals surface area contributed by atoms with Gasteiger partial charge in [-0.15, -0.1) is 0 Å². The predicted octanol–water partition coefficient (Wildman–Crippen LogP) is 6.93. The van der Waals surface area contributed by atoms with Crippen LogP contribution in [0.1, 0.15) is 41.5 Å². The molecule has 0 aliphatic carbocycles. The fourth-order valence-electron chi connectivity index (χ4n) is 4.89. The number of hydrogen-bond acceptors (Lipinski definition) is 2. The number of para-hydroxylation sites is 1. The molecular weight excluding hydrogens is 456 g/mol. The molecule has 0 aliphatic rings. The highest BCUT2D eigenvalue weighted by Crippen LogP contribution is 2.36. The molecule has 5 rings (SSSR count). The summed E-state index contributed by atoms with van der Waals surface area (Å²) in [6.07, 6.45) is 2.59. The summed E-state index contributed by atoms with van der Waals surface area (Å²) < 4.78 is 7.97. The van der Waals surface area contributed by atoms with Crippen LogP contribution >= 0.6 is 0 Å². The van der Waals surface area contributed by atoms with Gasteiger partial charge >= 0.3 is 0 Å². The fourth-order valence-corrected chi connectivity index (χ4v) is 4.89. The molecule has 0 spiro atoms. The Morgan fingerprint density at radius 1 is 0.811 bits per heavy atom. The first-order valence-corrected chi connectivity index (χ1v) is 12.9. The molecule has 1 heterocycles. The second kappa shape index (κ2) is 11.6. The zero-order chi connectivity index (χ0) is 25.5. The number of carbonyl (C=O) groups excluding carboxylic acids is 1. The second-order valence-electron chi connectivity index (χ2n) is 9.24. The molecule has 4 aromatic carbocycles. The number of amides is 1. The number of hydrogen-bond donors (Lipinski definition) is 1. The normalized spacial score (nSPS) is 11.8. The Balaban J connectivity index is 1.49. The van der Waals surface area contributed by atoms with Crippen LogP contribution < -0.4 is 10.1 Å². The van der Waals surface area contributed by atoms with Crippen molar-refractivity contribution in [3.63, 3.8) is 0 Å². The third-order valence-electron chi connectivity index (χ3n) is 6.71. The number of nitrogens with one attached hydrogen (secondary N) is 1. The van der Waals surface area contributed by atoms with E-state index in [-0.39, 0.29) is 11.8 Å². The van der Waals surface area contributed by atoms with Crippen molar-refractivity contribution in [1.82, 2.24) is 9.88 Å². The van der Waals surface area contributed by atoms with E-state index in [4.69, 9.17) is 4.74 Å². The molecule has 37 heavy (non-hydrogen) atoms. The molecule has 4 heteroatoms. The van der Waals surface area contributed by atoms with E-state index in [1.807, 2.05) is 55.5 Å². The molecule has 0 aliphatic heterocycles. The summed E-state index contributed by atoms with van der Waals surface area (Å²) in [7, 11) is 0. The molecule has 1 amide bonds. The van der Waals surface area contributed by atoms with Crippen molar-refractivity contribution < 1.29 is 9.53 Å². The number of aromatic nitrogens is 1. The smallest absolute Gasteiger partial charge is 0.221 e. The van der Waals surface area contributed by atoms with Crippen LogP contribution in [0.25, 0.3) is 10.9 Å². The minimum Gasteiger partial charge on any atom is -0.494 e. The Morgan fingerprint density at radius 2 is 1.46 bits per heavy atom. The minimum atomic E-state index is -0.0895. The average molecular weight is 489 g/mol. The van der Waals surface area contributed by atoms with Gasteiger partial charge in [-0.25, -0.2) is 0 Å². The second-order valence-corrected chi connectivity index (χ2v) is 9.24. The van der Waals surface area contributed by atoms with Crippen molar-refractivity contribution in [3.8, 4) is 5.75 Å². The Labute approximate surface area is 218 Å². The summed E-state index contributed by atoms with van der Waals surface area (Å²) in [4.78, 5) is 13.2. The minimum absolute atomic E-state index is 0.0302. The Kier molecular flexibility index (Phi) is 7.66. The first kappa shape index (κ1) is 24.4. The highest BCUT2D eigenvalue weighted by molar-refractivity contribution is 5.86. The van der Waals surface area contributed by atoms with Crippen LogP contribution in [-0.4, -0.2) is 17.1 Å². The number of ether oxygens (including phenoxy) is 1. The lowest BCUT2D eigenvalue weighted by molar-refractivity contribution is -0.121. The lowest BCUT2D eigenvalue weighted by Gasteiger charge is -2.18. The van der Waals surface area contributed by atoms with Gasteiger partial charge in [0, 0.05) is 42.5 Å². The van der Waals surface area contributed by atoms with Gasteiger partial charge in [0.15, 0.2) is 0 Å². The van der Waals surface area contributed by atoms with Gasteiger partial charge in [-0.05, 0) is 47.4 Å². The van der Waals surface area contributed by atoms with Gasteiger partial charge in [0.1, 0.15) is 5.75 Å². The maximum atomic E-state index is 13.2. The zero-order valence-corrected chi connectivity index (χ0v) is 21.1. The first-order chi connectivity index (χ1) is 18.2. The summed E-state index contributed by atoms with van der Waals surface area (Å²) in [5, 5.41) is 4.30. The quantitative estimate of drug-likeness (QED) is 0.232. The number of benzene rings is 4. The summed E-state index contributed by atoms with van der Waals surface area (Å²) in [5.41, 5.74) is 5.76. The molecule has 0 saturated heterocycles. The predicted molar refractivity (Wildman–Crippen MR) is 150 cm³/mol. The standard InChI is InChI=1S/C33H32N2O2/c1-2-37-28-19-17-27(18-20-28)30(21-33(36)34-22-25-11-5-3-6-12-25)31-24-35(23-26-13-7-4-8-14-26)32-16-10-9-15-29(31)32/h3-20,24,30H,2,21-23H2,1H3,(H,34,36). The molecule has 1 unspecified atom stereocenters. The Bertz CT molecular complexity index is 1440. The molecule has 4 nitrogen and oxygen atoms in total. The van der Waals surface area contributed by atoms with Gasteiger partial charge in [-0.3, -0.25) is 4.79 Å². The van der Waals surface area contributed by atoms with Gasteiger partial charge in [-0.1, -0.05) is 91.0 Å². The monoisotopic (exact) mass is 488 g/mol. The van der Waals surface area contributed by atoms with E-state index in [1.165, 1.54) is 16.5 Å². The van der Waals surface area contributed by atoms with E-state index in [2.05, 4.69) is 76.7 Å². The summed E-state index contributed by atoms with van der Waals surface area (Å²) >= 11 is 0. The van der Waals surface area contributed by atoms with Crippen LogP contribution in [0, 0.1) is 0 Å². The molecule has 1 atom stereocenters. The van der Waals surface area contributed by atoms with Gasteiger partial charge in [-0.2, -0.15) is 0 Å². The van der Waals surface area contributed by atoms with Crippen LogP contribution in [0.2, 0.25) is 0 Å². The molecule has 5 aromatic rings. The molecule has 0 bridgehead atoms.